The number of hydrogen-bond donors (Lipinski definition) is 1. The quantitative estimate of drug-likeness (QED) is 0.465. The number of hydrogen-bond acceptors (Lipinski definition) is 5. The van der Waals surface area contributed by atoms with E-state index in [-0.39, 0.29) is 27.6 Å². The molecular weight excluding hydrogens is 522 g/mol. The summed E-state index contributed by atoms with van der Waals surface area (Å²) in [5.74, 6) is 0.669. The van der Waals surface area contributed by atoms with Crippen LogP contribution in [0.4, 0.5) is 0 Å². The minimum Gasteiger partial charge on any atom is -0.342 e. The number of benzene rings is 2. The lowest BCUT2D eigenvalue weighted by atomic mass is 9.79. The van der Waals surface area contributed by atoms with Crippen molar-refractivity contribution < 1.29 is 18.0 Å². The molecule has 3 aliphatic rings. The highest BCUT2D eigenvalue weighted by atomic mass is 32.2. The Morgan fingerprint density at radius 2 is 1.55 bits per heavy atom. The van der Waals surface area contributed by atoms with E-state index in [1.165, 1.54) is 19.3 Å². The molecule has 7 nitrogen and oxygen atoms in total. The van der Waals surface area contributed by atoms with Gasteiger partial charge in [0.25, 0.3) is 0 Å². The topological polar surface area (TPSA) is 86.8 Å². The lowest BCUT2D eigenvalue weighted by Gasteiger charge is -2.52. The highest BCUT2D eigenvalue weighted by Gasteiger charge is 2.53. The van der Waals surface area contributed by atoms with Crippen molar-refractivity contribution in [3.63, 3.8) is 0 Å². The number of nitrogens with zero attached hydrogens (tertiary/aromatic N) is 2. The first kappa shape index (κ1) is 28.8. The molecule has 40 heavy (non-hydrogen) atoms. The van der Waals surface area contributed by atoms with E-state index in [4.69, 9.17) is 0 Å². The van der Waals surface area contributed by atoms with Crippen molar-refractivity contribution in [1.82, 2.24) is 15.1 Å². The first-order chi connectivity index (χ1) is 19.3. The van der Waals surface area contributed by atoms with Crippen LogP contribution >= 0.6 is 0 Å². The summed E-state index contributed by atoms with van der Waals surface area (Å²) >= 11 is 0. The summed E-state index contributed by atoms with van der Waals surface area (Å²) < 4.78 is 25.8. The largest absolute Gasteiger partial charge is 0.342 e. The second-order valence-corrected chi connectivity index (χ2v) is 13.8. The molecule has 3 fully saturated rings. The van der Waals surface area contributed by atoms with Crippen LogP contribution in [0.5, 0.6) is 0 Å². The average molecular weight is 566 g/mol. The Bertz CT molecular complexity index is 1260. The lowest BCUT2D eigenvalue weighted by molar-refractivity contribution is -0.162. The molecule has 1 atom stereocenters. The maximum Gasteiger partial charge on any atom is 0.246 e. The van der Waals surface area contributed by atoms with Crippen molar-refractivity contribution in [1.29, 1.82) is 0 Å². The second-order valence-electron chi connectivity index (χ2n) is 11.9. The van der Waals surface area contributed by atoms with Gasteiger partial charge in [0, 0.05) is 26.2 Å². The van der Waals surface area contributed by atoms with Crippen molar-refractivity contribution in [2.24, 2.45) is 5.92 Å². The molecule has 2 aromatic carbocycles. The molecule has 2 heterocycles. The molecule has 2 aromatic rings. The predicted octanol–water partition coefficient (Wildman–Crippen LogP) is 4.95. The first-order valence-corrected chi connectivity index (χ1v) is 16.6. The van der Waals surface area contributed by atoms with Crippen molar-refractivity contribution in [2.75, 3.05) is 19.6 Å². The molecule has 1 N–H and O–H groups in total. The van der Waals surface area contributed by atoms with Crippen LogP contribution < -0.4 is 5.32 Å². The molecule has 216 valence electrons. The van der Waals surface area contributed by atoms with E-state index >= 15 is 0 Å². The third kappa shape index (κ3) is 5.98. The van der Waals surface area contributed by atoms with E-state index in [0.29, 0.717) is 44.9 Å². The van der Waals surface area contributed by atoms with E-state index in [1.54, 1.807) is 42.5 Å². The van der Waals surface area contributed by atoms with Gasteiger partial charge in [0.2, 0.25) is 21.7 Å². The lowest BCUT2D eigenvalue weighted by Crippen LogP contribution is -2.73. The van der Waals surface area contributed by atoms with Crippen molar-refractivity contribution in [3.8, 4) is 0 Å². The zero-order valence-electron chi connectivity index (χ0n) is 23.7. The zero-order chi connectivity index (χ0) is 28.2. The van der Waals surface area contributed by atoms with Gasteiger partial charge in [0.05, 0.1) is 9.79 Å². The van der Waals surface area contributed by atoms with Gasteiger partial charge in [-0.05, 0) is 61.4 Å². The Hall–Kier alpha value is -2.71. The van der Waals surface area contributed by atoms with Crippen LogP contribution in [0.3, 0.4) is 0 Å². The highest BCUT2D eigenvalue weighted by molar-refractivity contribution is 7.91. The Labute approximate surface area is 239 Å². The van der Waals surface area contributed by atoms with Crippen LogP contribution in [0.2, 0.25) is 0 Å². The van der Waals surface area contributed by atoms with Crippen molar-refractivity contribution in [2.45, 2.75) is 99.0 Å². The number of rotatable bonds is 9. The van der Waals surface area contributed by atoms with Gasteiger partial charge in [-0.3, -0.25) is 14.5 Å². The number of nitrogens with one attached hydrogen (secondary N) is 1. The molecule has 0 radical (unpaired) electrons. The number of carbonyl (C=O) groups excluding carboxylic acids is 2. The van der Waals surface area contributed by atoms with Gasteiger partial charge >= 0.3 is 0 Å². The number of amides is 2. The normalized spacial score (nSPS) is 22.4. The fourth-order valence-corrected chi connectivity index (χ4v) is 8.06. The molecular formula is C32H43N3O4S. The Balaban J connectivity index is 1.23. The maximum absolute atomic E-state index is 13.8. The Morgan fingerprint density at radius 1 is 0.900 bits per heavy atom. The third-order valence-electron chi connectivity index (χ3n) is 9.21. The van der Waals surface area contributed by atoms with Gasteiger partial charge in [0.1, 0.15) is 11.6 Å². The van der Waals surface area contributed by atoms with E-state index in [9.17, 15) is 18.0 Å². The molecule has 1 spiro atoms. The minimum atomic E-state index is -3.54. The summed E-state index contributed by atoms with van der Waals surface area (Å²) in [6, 6.07) is 15.2. The molecule has 0 bridgehead atoms. The summed E-state index contributed by atoms with van der Waals surface area (Å²) in [5.41, 5.74) is 0.266. The molecule has 1 saturated carbocycles. The fraction of sp³-hybridized carbons (Fsp3) is 0.562. The molecule has 0 aromatic heterocycles. The van der Waals surface area contributed by atoms with Gasteiger partial charge < -0.3 is 10.2 Å². The Morgan fingerprint density at radius 3 is 2.20 bits per heavy atom. The third-order valence-corrected chi connectivity index (χ3v) is 11.0. The first-order valence-electron chi connectivity index (χ1n) is 15.1. The SMILES string of the molecule is CCCCN1C(=O)C(CC2CCCCC2)NC(=O)C12CCN(Cc1ccc(S(=O)(=O)c3ccccc3)cc1)CC2. The van der Waals surface area contributed by atoms with Crippen molar-refractivity contribution >= 4 is 21.7 Å². The van der Waals surface area contributed by atoms with Crippen LogP contribution in [0.25, 0.3) is 0 Å². The molecule has 2 saturated heterocycles. The number of likely N-dealkylation sites (tertiary alicyclic amines) is 1. The van der Waals surface area contributed by atoms with E-state index < -0.39 is 15.4 Å². The maximum atomic E-state index is 13.8. The molecule has 8 heteroatoms. The summed E-state index contributed by atoms with van der Waals surface area (Å²) in [4.78, 5) is 32.3. The summed E-state index contributed by atoms with van der Waals surface area (Å²) in [6.07, 6.45) is 9.94. The number of piperazine rings is 1. The number of unbranched alkanes of at least 4 members (excludes halogenated alkanes) is 1. The van der Waals surface area contributed by atoms with Gasteiger partial charge in [0.15, 0.2) is 0 Å². The molecule has 5 rings (SSSR count). The monoisotopic (exact) mass is 565 g/mol. The average Bonchev–Trinajstić information content (AvgIpc) is 2.98. The Kier molecular flexibility index (Phi) is 8.95. The molecule has 1 unspecified atom stereocenters. The van der Waals surface area contributed by atoms with Crippen LogP contribution in [-0.4, -0.2) is 61.2 Å². The highest BCUT2D eigenvalue weighted by Crippen LogP contribution is 2.36. The molecule has 2 aliphatic heterocycles. The summed E-state index contributed by atoms with van der Waals surface area (Å²) in [6.45, 7) is 4.86. The smallest absolute Gasteiger partial charge is 0.246 e. The van der Waals surface area contributed by atoms with Crippen LogP contribution in [-0.2, 0) is 26.0 Å². The van der Waals surface area contributed by atoms with Gasteiger partial charge in [-0.25, -0.2) is 8.42 Å². The zero-order valence-corrected chi connectivity index (χ0v) is 24.5. The van der Waals surface area contributed by atoms with E-state index in [0.717, 1.165) is 37.7 Å². The molecule has 2 amide bonds. The van der Waals surface area contributed by atoms with E-state index in [2.05, 4.69) is 17.1 Å². The van der Waals surface area contributed by atoms with Crippen LogP contribution in [0, 0.1) is 5.92 Å². The number of carbonyl (C=O) groups is 2. The number of sulfone groups is 1. The standard InChI is InChI=1S/C32H43N3O4S/c1-2-3-20-35-30(36)29(23-25-10-6-4-7-11-25)33-31(37)32(35)18-21-34(22-19-32)24-26-14-16-28(17-15-26)40(38,39)27-12-8-5-9-13-27/h5,8-9,12-17,25,29H,2-4,6-7,10-11,18-24H2,1H3,(H,33,37). The summed E-state index contributed by atoms with van der Waals surface area (Å²) in [5, 5.41) is 3.17. The summed E-state index contributed by atoms with van der Waals surface area (Å²) in [7, 11) is -3.54. The second kappa shape index (κ2) is 12.4. The predicted molar refractivity (Wildman–Crippen MR) is 155 cm³/mol. The van der Waals surface area contributed by atoms with Crippen LogP contribution in [0.1, 0.15) is 76.7 Å². The fourth-order valence-electron chi connectivity index (χ4n) is 6.78. The molecule has 1 aliphatic carbocycles. The van der Waals surface area contributed by atoms with Gasteiger partial charge in [-0.1, -0.05) is 75.8 Å². The van der Waals surface area contributed by atoms with E-state index in [1.807, 2.05) is 17.0 Å². The van der Waals surface area contributed by atoms with Crippen LogP contribution in [0.15, 0.2) is 64.4 Å². The van der Waals surface area contributed by atoms with Crippen molar-refractivity contribution in [3.05, 3.63) is 60.2 Å². The van der Waals surface area contributed by atoms with Gasteiger partial charge in [-0.15, -0.1) is 0 Å². The van der Waals surface area contributed by atoms with Gasteiger partial charge in [-0.2, -0.15) is 0 Å². The number of piperidine rings is 1. The minimum absolute atomic E-state index is 0.0270.